The van der Waals surface area contributed by atoms with Crippen LogP contribution in [0.2, 0.25) is 0 Å². The first-order valence-corrected chi connectivity index (χ1v) is 9.70. The summed E-state index contributed by atoms with van der Waals surface area (Å²) < 4.78 is 7.58. The van der Waals surface area contributed by atoms with Crippen molar-refractivity contribution >= 4 is 0 Å². The van der Waals surface area contributed by atoms with Gasteiger partial charge >= 0.3 is 0 Å². The molecule has 0 radical (unpaired) electrons. The number of aromatic nitrogens is 3. The lowest BCUT2D eigenvalue weighted by Crippen LogP contribution is -2.22. The lowest BCUT2D eigenvalue weighted by molar-refractivity contribution is 0.247. The van der Waals surface area contributed by atoms with Crippen molar-refractivity contribution in [3.05, 3.63) is 65.6 Å². The maximum atomic E-state index is 5.77. The van der Waals surface area contributed by atoms with Crippen LogP contribution in [0.4, 0.5) is 0 Å². The molecular weight excluding hydrogens is 336 g/mol. The summed E-state index contributed by atoms with van der Waals surface area (Å²) in [5, 5.41) is 4.23. The summed E-state index contributed by atoms with van der Waals surface area (Å²) >= 11 is 0. The zero-order chi connectivity index (χ0) is 18.2. The fourth-order valence-corrected chi connectivity index (χ4v) is 4.26. The number of aryl methyl sites for hydroxylation is 1. The molecule has 0 N–H and O–H groups in total. The van der Waals surface area contributed by atoms with Gasteiger partial charge in [-0.25, -0.2) is 0 Å². The van der Waals surface area contributed by atoms with Crippen molar-refractivity contribution in [1.29, 1.82) is 0 Å². The first-order chi connectivity index (χ1) is 13.3. The van der Waals surface area contributed by atoms with Crippen molar-refractivity contribution in [3.8, 4) is 17.0 Å². The maximum Gasteiger partial charge on any atom is 0.122 e. The van der Waals surface area contributed by atoms with Gasteiger partial charge < -0.3 is 4.74 Å². The number of likely N-dealkylation sites (tertiary alicyclic amines) is 1. The van der Waals surface area contributed by atoms with E-state index in [4.69, 9.17) is 4.74 Å². The zero-order valence-electron chi connectivity index (χ0n) is 15.6. The fraction of sp³-hybridized carbons (Fsp3) is 0.364. The predicted octanol–water partition coefficient (Wildman–Crippen LogP) is 3.75. The fourth-order valence-electron chi connectivity index (χ4n) is 4.26. The number of ether oxygens (including phenoxy) is 1. The van der Waals surface area contributed by atoms with Gasteiger partial charge in [0.15, 0.2) is 0 Å². The normalized spacial score (nSPS) is 19.2. The number of benzene rings is 1. The molecule has 5 heteroatoms. The van der Waals surface area contributed by atoms with E-state index < -0.39 is 0 Å². The minimum absolute atomic E-state index is 0.470. The van der Waals surface area contributed by atoms with Crippen molar-refractivity contribution < 1.29 is 4.74 Å². The molecule has 4 heterocycles. The second-order valence-electron chi connectivity index (χ2n) is 7.55. The third kappa shape index (κ3) is 3.23. The molecule has 0 aliphatic carbocycles. The second kappa shape index (κ2) is 6.82. The highest BCUT2D eigenvalue weighted by molar-refractivity contribution is 5.56. The average molecular weight is 360 g/mol. The van der Waals surface area contributed by atoms with Crippen molar-refractivity contribution in [2.45, 2.75) is 31.8 Å². The van der Waals surface area contributed by atoms with Crippen molar-refractivity contribution in [3.63, 3.8) is 0 Å². The summed E-state index contributed by atoms with van der Waals surface area (Å²) in [6.07, 6.45) is 9.34. The van der Waals surface area contributed by atoms with E-state index in [9.17, 15) is 0 Å². The van der Waals surface area contributed by atoms with E-state index in [1.807, 2.05) is 25.6 Å². The molecule has 0 spiro atoms. The summed E-state index contributed by atoms with van der Waals surface area (Å²) in [5.74, 6) is 1.09. The molecule has 5 rings (SSSR count). The zero-order valence-corrected chi connectivity index (χ0v) is 15.6. The largest absolute Gasteiger partial charge is 0.493 e. The van der Waals surface area contributed by atoms with Gasteiger partial charge in [-0.2, -0.15) is 5.10 Å². The second-order valence-corrected chi connectivity index (χ2v) is 7.55. The molecule has 1 saturated heterocycles. The van der Waals surface area contributed by atoms with E-state index in [1.165, 1.54) is 29.5 Å². The van der Waals surface area contributed by atoms with E-state index >= 15 is 0 Å². The van der Waals surface area contributed by atoms with Gasteiger partial charge in [0.05, 0.1) is 18.5 Å². The molecule has 0 bridgehead atoms. The third-order valence-electron chi connectivity index (χ3n) is 5.68. The molecule has 2 aliphatic rings. The van der Waals surface area contributed by atoms with Gasteiger partial charge in [-0.05, 0) is 48.2 Å². The van der Waals surface area contributed by atoms with Crippen LogP contribution in [0.25, 0.3) is 11.3 Å². The Hall–Kier alpha value is -2.66. The standard InChI is InChI=1S/C22H24N4O/c1-25-15-19(13-24-25)20-7-4-16(12-23-20)14-26-9-2-3-21(26)18-6-5-17-8-10-27-22(17)11-18/h4-7,11-13,15,21H,2-3,8-10,14H2,1H3. The summed E-state index contributed by atoms with van der Waals surface area (Å²) in [7, 11) is 1.93. The molecule has 27 heavy (non-hydrogen) atoms. The molecule has 138 valence electrons. The lowest BCUT2D eigenvalue weighted by atomic mass is 10.0. The molecule has 1 atom stereocenters. The average Bonchev–Trinajstić information content (AvgIpc) is 3.42. The van der Waals surface area contributed by atoms with Crippen LogP contribution in [-0.4, -0.2) is 32.8 Å². The van der Waals surface area contributed by atoms with Crippen LogP contribution >= 0.6 is 0 Å². The number of fused-ring (bicyclic) bond motifs is 1. The van der Waals surface area contributed by atoms with E-state index in [2.05, 4.69) is 45.3 Å². The molecule has 0 saturated carbocycles. The summed E-state index contributed by atoms with van der Waals surface area (Å²) in [4.78, 5) is 7.22. The van der Waals surface area contributed by atoms with Gasteiger partial charge in [0.2, 0.25) is 0 Å². The summed E-state index contributed by atoms with van der Waals surface area (Å²) in [6.45, 7) is 2.89. The highest BCUT2D eigenvalue weighted by Crippen LogP contribution is 2.36. The molecule has 1 aromatic carbocycles. The molecule has 1 unspecified atom stereocenters. The SMILES string of the molecule is Cn1cc(-c2ccc(CN3CCCC3c3ccc4c(c3)OCC4)cn2)cn1. The number of pyridine rings is 1. The number of hydrogen-bond acceptors (Lipinski definition) is 4. The molecular formula is C22H24N4O. The minimum Gasteiger partial charge on any atom is -0.493 e. The van der Waals surface area contributed by atoms with Gasteiger partial charge in [-0.1, -0.05) is 18.2 Å². The van der Waals surface area contributed by atoms with Crippen LogP contribution in [-0.2, 0) is 20.0 Å². The van der Waals surface area contributed by atoms with Crippen molar-refractivity contribution in [2.24, 2.45) is 7.05 Å². The Kier molecular flexibility index (Phi) is 4.17. The molecule has 5 nitrogen and oxygen atoms in total. The van der Waals surface area contributed by atoms with Crippen LogP contribution in [0.5, 0.6) is 5.75 Å². The summed E-state index contributed by atoms with van der Waals surface area (Å²) in [5.41, 5.74) is 6.01. The molecule has 2 aromatic heterocycles. The number of nitrogens with zero attached hydrogens (tertiary/aromatic N) is 4. The molecule has 2 aliphatic heterocycles. The minimum atomic E-state index is 0.470. The summed E-state index contributed by atoms with van der Waals surface area (Å²) in [6, 6.07) is 11.6. The van der Waals surface area contributed by atoms with Gasteiger partial charge in [0.25, 0.3) is 0 Å². The smallest absolute Gasteiger partial charge is 0.122 e. The van der Waals surface area contributed by atoms with Gasteiger partial charge in [-0.3, -0.25) is 14.6 Å². The quantitative estimate of drug-likeness (QED) is 0.711. The van der Waals surface area contributed by atoms with Crippen molar-refractivity contribution in [2.75, 3.05) is 13.2 Å². The lowest BCUT2D eigenvalue weighted by Gasteiger charge is -2.25. The monoisotopic (exact) mass is 360 g/mol. The van der Waals surface area contributed by atoms with Crippen LogP contribution < -0.4 is 4.74 Å². The Morgan fingerprint density at radius 2 is 2.15 bits per heavy atom. The van der Waals surface area contributed by atoms with E-state index in [1.54, 1.807) is 4.68 Å². The topological polar surface area (TPSA) is 43.2 Å². The number of hydrogen-bond donors (Lipinski definition) is 0. The first-order valence-electron chi connectivity index (χ1n) is 9.70. The Balaban J connectivity index is 1.32. The predicted molar refractivity (Wildman–Crippen MR) is 104 cm³/mol. The maximum absolute atomic E-state index is 5.77. The molecule has 3 aromatic rings. The van der Waals surface area contributed by atoms with Gasteiger partial charge in [0.1, 0.15) is 5.75 Å². The van der Waals surface area contributed by atoms with E-state index in [0.717, 1.165) is 43.1 Å². The molecule has 1 fully saturated rings. The Morgan fingerprint density at radius 3 is 2.96 bits per heavy atom. The highest BCUT2D eigenvalue weighted by atomic mass is 16.5. The molecule has 0 amide bonds. The van der Waals surface area contributed by atoms with E-state index in [-0.39, 0.29) is 0 Å². The van der Waals surface area contributed by atoms with Crippen molar-refractivity contribution in [1.82, 2.24) is 19.7 Å². The highest BCUT2D eigenvalue weighted by Gasteiger charge is 2.27. The number of rotatable bonds is 4. The van der Waals surface area contributed by atoms with Gasteiger partial charge in [-0.15, -0.1) is 0 Å². The van der Waals surface area contributed by atoms with E-state index in [0.29, 0.717) is 6.04 Å². The first kappa shape index (κ1) is 16.5. The van der Waals surface area contributed by atoms with Crippen LogP contribution in [0.3, 0.4) is 0 Å². The Labute approximate surface area is 159 Å². The third-order valence-corrected chi connectivity index (χ3v) is 5.68. The Bertz CT molecular complexity index is 947. The van der Waals surface area contributed by atoms with Crippen LogP contribution in [0.1, 0.15) is 35.6 Å². The van der Waals surface area contributed by atoms with Gasteiger partial charge in [0, 0.05) is 44.0 Å². The Morgan fingerprint density at radius 1 is 1.19 bits per heavy atom. The van der Waals surface area contributed by atoms with Crippen LogP contribution in [0, 0.1) is 0 Å². The van der Waals surface area contributed by atoms with Crippen LogP contribution in [0.15, 0.2) is 48.9 Å².